The van der Waals surface area contributed by atoms with E-state index in [4.69, 9.17) is 4.84 Å². The van der Waals surface area contributed by atoms with Gasteiger partial charge < -0.3 is 15.1 Å². The summed E-state index contributed by atoms with van der Waals surface area (Å²) in [6, 6.07) is 11.9. The molecule has 0 radical (unpaired) electrons. The maximum atomic E-state index is 13.1. The molecule has 2 aliphatic rings. The predicted octanol–water partition coefficient (Wildman–Crippen LogP) is 4.39. The fraction of sp³-hybridized carbons (Fsp3) is 0.440. The van der Waals surface area contributed by atoms with Crippen molar-refractivity contribution in [2.45, 2.75) is 51.5 Å². The smallest absolute Gasteiger partial charge is 0.253 e. The minimum Gasteiger partial charge on any atom is -0.395 e. The molecule has 2 heterocycles. The van der Waals surface area contributed by atoms with Crippen molar-refractivity contribution < 1.29 is 9.63 Å². The van der Waals surface area contributed by atoms with Crippen LogP contribution in [0.5, 0.6) is 0 Å². The molecule has 32 heavy (non-hydrogen) atoms. The van der Waals surface area contributed by atoms with Gasteiger partial charge in [-0.15, -0.1) is 5.10 Å². The number of fused-ring (bicyclic) bond motifs is 1. The quantitative estimate of drug-likeness (QED) is 0.429. The first-order chi connectivity index (χ1) is 15.7. The first-order valence-corrected chi connectivity index (χ1v) is 11.5. The average Bonchev–Trinajstić information content (AvgIpc) is 3.57. The highest BCUT2D eigenvalue weighted by atomic mass is 16.6. The van der Waals surface area contributed by atoms with Crippen molar-refractivity contribution in [3.8, 4) is 0 Å². The number of H-pyrrole nitrogens is 1. The zero-order chi connectivity index (χ0) is 21.9. The Labute approximate surface area is 187 Å². The van der Waals surface area contributed by atoms with Crippen molar-refractivity contribution in [2.24, 2.45) is 17.0 Å². The third kappa shape index (κ3) is 4.52. The molecule has 5 rings (SSSR count). The number of benzene rings is 1. The number of carbonyl (C=O) groups excluding carboxylic acids is 1. The van der Waals surface area contributed by atoms with E-state index >= 15 is 0 Å². The number of rotatable bonds is 7. The minimum atomic E-state index is -0.000941. The van der Waals surface area contributed by atoms with E-state index in [1.807, 2.05) is 43.3 Å². The molecule has 0 unspecified atom stereocenters. The second kappa shape index (κ2) is 9.10. The molecular formula is C25H29N5O2. The van der Waals surface area contributed by atoms with Gasteiger partial charge in [0, 0.05) is 34.8 Å². The lowest BCUT2D eigenvalue weighted by atomic mass is 9.82. The predicted molar refractivity (Wildman–Crippen MR) is 123 cm³/mol. The first kappa shape index (κ1) is 20.7. The maximum Gasteiger partial charge on any atom is 0.253 e. The van der Waals surface area contributed by atoms with Crippen LogP contribution in [0.2, 0.25) is 0 Å². The highest BCUT2D eigenvalue weighted by molar-refractivity contribution is 6.08. The lowest BCUT2D eigenvalue weighted by Gasteiger charge is -2.29. The molecule has 2 fully saturated rings. The van der Waals surface area contributed by atoms with Crippen LogP contribution in [0.15, 0.2) is 47.8 Å². The molecule has 0 aliphatic heterocycles. The van der Waals surface area contributed by atoms with Crippen molar-refractivity contribution in [3.63, 3.8) is 0 Å². The first-order valence-electron chi connectivity index (χ1n) is 11.5. The van der Waals surface area contributed by atoms with Gasteiger partial charge in [0.1, 0.15) is 18.0 Å². The molecule has 0 atom stereocenters. The number of carbonyl (C=O) groups is 1. The van der Waals surface area contributed by atoms with Crippen LogP contribution in [-0.2, 0) is 4.84 Å². The van der Waals surface area contributed by atoms with E-state index < -0.39 is 0 Å². The van der Waals surface area contributed by atoms with Gasteiger partial charge in [-0.05, 0) is 69.6 Å². The second-order valence-electron chi connectivity index (χ2n) is 9.02. The lowest BCUT2D eigenvalue weighted by molar-refractivity contribution is 0.0925. The molecule has 0 saturated heterocycles. The van der Waals surface area contributed by atoms with E-state index in [1.165, 1.54) is 12.8 Å². The van der Waals surface area contributed by atoms with Crippen LogP contribution in [0.3, 0.4) is 0 Å². The van der Waals surface area contributed by atoms with E-state index in [0.29, 0.717) is 12.5 Å². The molecule has 2 saturated carbocycles. The van der Waals surface area contributed by atoms with Gasteiger partial charge in [0.2, 0.25) is 0 Å². The number of aromatic amines is 1. The number of hydrogen-bond donors (Lipinski definition) is 2. The van der Waals surface area contributed by atoms with E-state index in [0.717, 1.165) is 59.2 Å². The molecule has 0 bridgehead atoms. The Morgan fingerprint density at radius 3 is 2.69 bits per heavy atom. The summed E-state index contributed by atoms with van der Waals surface area (Å²) in [6.45, 7) is 2.64. The van der Waals surface area contributed by atoms with Crippen LogP contribution in [0.25, 0.3) is 10.9 Å². The van der Waals surface area contributed by atoms with Crippen LogP contribution in [-0.4, -0.2) is 39.4 Å². The van der Waals surface area contributed by atoms with Crippen LogP contribution < -0.4 is 5.32 Å². The van der Waals surface area contributed by atoms with E-state index in [1.54, 1.807) is 6.20 Å². The van der Waals surface area contributed by atoms with E-state index in [2.05, 4.69) is 25.7 Å². The normalized spacial score (nSPS) is 21.5. The Kier molecular flexibility index (Phi) is 5.88. The number of amides is 1. The monoisotopic (exact) mass is 431 g/mol. The van der Waals surface area contributed by atoms with Gasteiger partial charge in [-0.1, -0.05) is 23.4 Å². The van der Waals surface area contributed by atoms with Gasteiger partial charge in [0.25, 0.3) is 5.91 Å². The number of oxime groups is 1. The molecule has 7 heteroatoms. The van der Waals surface area contributed by atoms with Crippen molar-refractivity contribution in [1.82, 2.24) is 20.5 Å². The number of aryl methyl sites for hydroxylation is 1. The Balaban J connectivity index is 1.24. The SMILES string of the molecule is Cc1[nH]c2ccccc2c1C(=O)N[C@H]1CC[C@H](/C(=N/OCC2CC2)c2cccnn2)CC1. The summed E-state index contributed by atoms with van der Waals surface area (Å²) < 4.78 is 0. The highest BCUT2D eigenvalue weighted by Gasteiger charge is 2.29. The van der Waals surface area contributed by atoms with Crippen LogP contribution in [0, 0.1) is 18.8 Å². The molecule has 0 spiro atoms. The molecule has 166 valence electrons. The summed E-state index contributed by atoms with van der Waals surface area (Å²) in [6.07, 6.45) is 7.80. The largest absolute Gasteiger partial charge is 0.395 e. The number of para-hydroxylation sites is 1. The number of nitrogens with zero attached hydrogens (tertiary/aromatic N) is 3. The van der Waals surface area contributed by atoms with Crippen LogP contribution >= 0.6 is 0 Å². The molecule has 7 nitrogen and oxygen atoms in total. The summed E-state index contributed by atoms with van der Waals surface area (Å²) in [4.78, 5) is 22.0. The van der Waals surface area contributed by atoms with Gasteiger partial charge in [0.05, 0.1) is 5.56 Å². The summed E-state index contributed by atoms with van der Waals surface area (Å²) in [5.74, 6) is 0.911. The Hall–Kier alpha value is -3.22. The highest BCUT2D eigenvalue weighted by Crippen LogP contribution is 2.31. The molecule has 1 aromatic carbocycles. The van der Waals surface area contributed by atoms with Gasteiger partial charge in [-0.3, -0.25) is 4.79 Å². The number of aromatic nitrogens is 3. The fourth-order valence-corrected chi connectivity index (χ4v) is 4.60. The maximum absolute atomic E-state index is 13.1. The minimum absolute atomic E-state index is 0.000941. The molecule has 3 aromatic rings. The Morgan fingerprint density at radius 2 is 1.94 bits per heavy atom. The third-order valence-corrected chi connectivity index (χ3v) is 6.57. The van der Waals surface area contributed by atoms with Crippen LogP contribution in [0.1, 0.15) is 60.3 Å². The average molecular weight is 432 g/mol. The van der Waals surface area contributed by atoms with Crippen LogP contribution in [0.4, 0.5) is 0 Å². The van der Waals surface area contributed by atoms with Gasteiger partial charge in [-0.2, -0.15) is 5.10 Å². The fourth-order valence-electron chi connectivity index (χ4n) is 4.60. The summed E-state index contributed by atoms with van der Waals surface area (Å²) in [5.41, 5.74) is 4.32. The zero-order valence-electron chi connectivity index (χ0n) is 18.4. The van der Waals surface area contributed by atoms with Crippen molar-refractivity contribution >= 4 is 22.5 Å². The summed E-state index contributed by atoms with van der Waals surface area (Å²) in [5, 5.41) is 17.0. The summed E-state index contributed by atoms with van der Waals surface area (Å²) in [7, 11) is 0. The standard InChI is InChI=1S/C25H29N5O2/c1-16-23(20-5-2-3-6-21(20)27-16)25(31)28-19-12-10-18(11-13-19)24(22-7-4-14-26-29-22)30-32-15-17-8-9-17/h2-7,14,17-19,27H,8-13,15H2,1H3,(H,28,31)/b30-24-/t18-,19-. The van der Waals surface area contributed by atoms with Crippen molar-refractivity contribution in [2.75, 3.05) is 6.61 Å². The van der Waals surface area contributed by atoms with Gasteiger partial charge in [0.15, 0.2) is 0 Å². The second-order valence-corrected chi connectivity index (χ2v) is 9.02. The van der Waals surface area contributed by atoms with Crippen molar-refractivity contribution in [3.05, 3.63) is 59.5 Å². The van der Waals surface area contributed by atoms with E-state index in [9.17, 15) is 4.79 Å². The topological polar surface area (TPSA) is 92.3 Å². The van der Waals surface area contributed by atoms with Gasteiger partial charge in [-0.25, -0.2) is 0 Å². The molecule has 2 N–H and O–H groups in total. The van der Waals surface area contributed by atoms with E-state index in [-0.39, 0.29) is 17.9 Å². The Bertz CT molecular complexity index is 1110. The number of hydrogen-bond acceptors (Lipinski definition) is 5. The molecule has 1 amide bonds. The molecular weight excluding hydrogens is 402 g/mol. The lowest BCUT2D eigenvalue weighted by Crippen LogP contribution is -2.39. The molecule has 2 aromatic heterocycles. The van der Waals surface area contributed by atoms with Gasteiger partial charge >= 0.3 is 0 Å². The number of nitrogens with one attached hydrogen (secondary N) is 2. The summed E-state index contributed by atoms with van der Waals surface area (Å²) >= 11 is 0. The Morgan fingerprint density at radius 1 is 1.12 bits per heavy atom. The molecule has 2 aliphatic carbocycles. The third-order valence-electron chi connectivity index (χ3n) is 6.57. The van der Waals surface area contributed by atoms with Crippen molar-refractivity contribution in [1.29, 1.82) is 0 Å². The zero-order valence-corrected chi connectivity index (χ0v) is 18.4.